The Balaban J connectivity index is 1.55. The van der Waals surface area contributed by atoms with Crippen molar-refractivity contribution >= 4 is 11.2 Å². The molecule has 0 radical (unpaired) electrons. The smallest absolute Gasteiger partial charge is 0.303 e. The highest BCUT2D eigenvalue weighted by atomic mass is 19.1. The van der Waals surface area contributed by atoms with E-state index in [1.165, 1.54) is 15.3 Å². The van der Waals surface area contributed by atoms with Gasteiger partial charge in [0.25, 0.3) is 0 Å². The normalized spacial score (nSPS) is 11.5. The number of nitrogens with one attached hydrogen (secondary N) is 1. The van der Waals surface area contributed by atoms with E-state index in [9.17, 15) is 9.18 Å². The van der Waals surface area contributed by atoms with Crippen LogP contribution < -0.4 is 5.69 Å². The van der Waals surface area contributed by atoms with Crippen molar-refractivity contribution in [2.75, 3.05) is 0 Å². The number of imidazole rings is 1. The molecule has 0 saturated carbocycles. The topological polar surface area (TPSA) is 81.4 Å². The van der Waals surface area contributed by atoms with Gasteiger partial charge < -0.3 is 4.98 Å². The molecule has 0 amide bonds. The third-order valence-corrected chi connectivity index (χ3v) is 5.44. The number of hydrogen-bond donors (Lipinski definition) is 1. The van der Waals surface area contributed by atoms with Crippen molar-refractivity contribution in [3.05, 3.63) is 94.5 Å². The molecule has 0 spiro atoms. The Bertz CT molecular complexity index is 1470. The maximum atomic E-state index is 14.7. The maximum Gasteiger partial charge on any atom is 0.328 e. The van der Waals surface area contributed by atoms with Gasteiger partial charge in [-0.05, 0) is 35.2 Å². The first-order chi connectivity index (χ1) is 15.5. The monoisotopic (exact) mass is 428 g/mol. The van der Waals surface area contributed by atoms with E-state index >= 15 is 0 Å². The molecule has 3 aromatic heterocycles. The molecule has 32 heavy (non-hydrogen) atoms. The minimum absolute atomic E-state index is 0.178. The zero-order chi connectivity index (χ0) is 22.2. The van der Waals surface area contributed by atoms with E-state index in [1.807, 2.05) is 18.2 Å². The van der Waals surface area contributed by atoms with Crippen molar-refractivity contribution in [1.29, 1.82) is 0 Å². The summed E-state index contributed by atoms with van der Waals surface area (Å²) in [4.78, 5) is 24.6. The van der Waals surface area contributed by atoms with Crippen molar-refractivity contribution < 1.29 is 4.39 Å². The van der Waals surface area contributed by atoms with Crippen LogP contribution in [0.3, 0.4) is 0 Å². The zero-order valence-electron chi connectivity index (χ0n) is 17.7. The summed E-state index contributed by atoms with van der Waals surface area (Å²) in [7, 11) is 0. The van der Waals surface area contributed by atoms with Gasteiger partial charge in [-0.2, -0.15) is 5.10 Å². The Labute approximate surface area is 183 Å². The molecule has 0 unspecified atom stereocenters. The van der Waals surface area contributed by atoms with Crippen LogP contribution in [-0.2, 0) is 6.54 Å². The zero-order valence-corrected chi connectivity index (χ0v) is 17.7. The number of halogens is 1. The lowest BCUT2D eigenvalue weighted by Gasteiger charge is -2.11. The summed E-state index contributed by atoms with van der Waals surface area (Å²) < 4.78 is 17.6. The third-order valence-electron chi connectivity index (χ3n) is 5.44. The van der Waals surface area contributed by atoms with Crippen LogP contribution in [0.5, 0.6) is 0 Å². The number of fused-ring (bicyclic) bond motifs is 1. The fourth-order valence-electron chi connectivity index (χ4n) is 3.85. The van der Waals surface area contributed by atoms with Gasteiger partial charge in [0.05, 0.1) is 12.7 Å². The first kappa shape index (κ1) is 19.9. The summed E-state index contributed by atoms with van der Waals surface area (Å²) in [6.45, 7) is 4.41. The van der Waals surface area contributed by atoms with Crippen LogP contribution in [0.2, 0.25) is 0 Å². The number of benzene rings is 2. The second kappa shape index (κ2) is 7.88. The molecule has 0 saturated heterocycles. The average Bonchev–Trinajstić information content (AvgIpc) is 3.42. The first-order valence-electron chi connectivity index (χ1n) is 10.3. The standard InChI is InChI=1S/C24H21FN6O/c1-15(2)17-6-3-4-7-18(17)22-26-13-20-23(29-22)30(24(32)28-20)14-16-8-9-21(19(25)12-16)31-11-5-10-27-31/h3-13,15H,14H2,1-2H3,(H,28,32). The van der Waals surface area contributed by atoms with Gasteiger partial charge in [0.2, 0.25) is 0 Å². The Kier molecular flexibility index (Phi) is 4.89. The lowest BCUT2D eigenvalue weighted by molar-refractivity contribution is 0.606. The fraction of sp³-hybridized carbons (Fsp3) is 0.167. The van der Waals surface area contributed by atoms with Crippen LogP contribution in [-0.4, -0.2) is 29.3 Å². The molecule has 0 fully saturated rings. The van der Waals surface area contributed by atoms with Crippen LogP contribution in [0.1, 0.15) is 30.9 Å². The summed E-state index contributed by atoms with van der Waals surface area (Å²) in [6.07, 6.45) is 4.89. The molecule has 160 valence electrons. The molecule has 3 heterocycles. The quantitative estimate of drug-likeness (QED) is 0.453. The van der Waals surface area contributed by atoms with E-state index in [4.69, 9.17) is 4.98 Å². The van der Waals surface area contributed by atoms with Gasteiger partial charge in [0, 0.05) is 18.0 Å². The highest BCUT2D eigenvalue weighted by Crippen LogP contribution is 2.27. The van der Waals surface area contributed by atoms with E-state index in [2.05, 4.69) is 35.0 Å². The first-order valence-corrected chi connectivity index (χ1v) is 10.3. The van der Waals surface area contributed by atoms with Crippen LogP contribution in [0.4, 0.5) is 4.39 Å². The molecule has 5 rings (SSSR count). The van der Waals surface area contributed by atoms with Crippen molar-refractivity contribution in [3.8, 4) is 17.1 Å². The second-order valence-corrected chi connectivity index (χ2v) is 7.93. The highest BCUT2D eigenvalue weighted by molar-refractivity contribution is 5.73. The number of nitrogens with zero attached hydrogens (tertiary/aromatic N) is 5. The molecule has 0 aliphatic rings. The summed E-state index contributed by atoms with van der Waals surface area (Å²) in [5.74, 6) is 0.435. The predicted octanol–water partition coefficient (Wildman–Crippen LogP) is 4.28. The third kappa shape index (κ3) is 3.49. The second-order valence-electron chi connectivity index (χ2n) is 7.93. The van der Waals surface area contributed by atoms with Crippen LogP contribution in [0.25, 0.3) is 28.2 Å². The summed E-state index contributed by atoms with van der Waals surface area (Å²) in [5.41, 5.74) is 3.75. The van der Waals surface area contributed by atoms with Gasteiger partial charge in [-0.3, -0.25) is 4.57 Å². The van der Waals surface area contributed by atoms with Gasteiger partial charge in [-0.1, -0.05) is 44.2 Å². The number of hydrogen-bond acceptors (Lipinski definition) is 4. The molecule has 0 bridgehead atoms. The lowest BCUT2D eigenvalue weighted by Crippen LogP contribution is -2.18. The molecule has 0 aliphatic carbocycles. The Morgan fingerprint density at radius 3 is 2.72 bits per heavy atom. The molecule has 2 aromatic carbocycles. The molecule has 1 N–H and O–H groups in total. The molecule has 8 heteroatoms. The summed E-state index contributed by atoms with van der Waals surface area (Å²) >= 11 is 0. The van der Waals surface area contributed by atoms with Gasteiger partial charge in [0.15, 0.2) is 11.5 Å². The summed E-state index contributed by atoms with van der Waals surface area (Å²) in [5, 5.41) is 4.07. The van der Waals surface area contributed by atoms with Crippen molar-refractivity contribution in [2.24, 2.45) is 0 Å². The van der Waals surface area contributed by atoms with E-state index in [0.717, 1.165) is 11.1 Å². The molecule has 0 atom stereocenters. The minimum Gasteiger partial charge on any atom is -0.303 e. The Morgan fingerprint density at radius 2 is 1.97 bits per heavy atom. The highest BCUT2D eigenvalue weighted by Gasteiger charge is 2.15. The molecular weight excluding hydrogens is 407 g/mol. The van der Waals surface area contributed by atoms with Crippen molar-refractivity contribution in [2.45, 2.75) is 26.3 Å². The molecule has 7 nitrogen and oxygen atoms in total. The number of rotatable bonds is 5. The van der Waals surface area contributed by atoms with Gasteiger partial charge >= 0.3 is 5.69 Å². The molecule has 5 aromatic rings. The number of aromatic amines is 1. The SMILES string of the molecule is CC(C)c1ccccc1-c1ncc2[nH]c(=O)n(Cc3ccc(-n4cccn4)c(F)c3)c2n1. The van der Waals surface area contributed by atoms with E-state index in [-0.39, 0.29) is 12.2 Å². The fourth-order valence-corrected chi connectivity index (χ4v) is 3.85. The van der Waals surface area contributed by atoms with Crippen molar-refractivity contribution in [1.82, 2.24) is 29.3 Å². The largest absolute Gasteiger partial charge is 0.328 e. The summed E-state index contributed by atoms with van der Waals surface area (Å²) in [6, 6.07) is 14.6. The van der Waals surface area contributed by atoms with Gasteiger partial charge in [0.1, 0.15) is 17.0 Å². The van der Waals surface area contributed by atoms with Crippen LogP contribution >= 0.6 is 0 Å². The lowest BCUT2D eigenvalue weighted by atomic mass is 9.97. The van der Waals surface area contributed by atoms with Gasteiger partial charge in [-0.15, -0.1) is 0 Å². The van der Waals surface area contributed by atoms with Gasteiger partial charge in [-0.25, -0.2) is 23.8 Å². The number of H-pyrrole nitrogens is 1. The van der Waals surface area contributed by atoms with E-state index < -0.39 is 5.82 Å². The van der Waals surface area contributed by atoms with Crippen LogP contribution in [0, 0.1) is 5.82 Å². The average molecular weight is 428 g/mol. The van der Waals surface area contributed by atoms with E-state index in [1.54, 1.807) is 36.8 Å². The minimum atomic E-state index is -0.416. The molecular formula is C24H21FN6O. The van der Waals surface area contributed by atoms with E-state index in [0.29, 0.717) is 34.2 Å². The number of aromatic nitrogens is 6. The van der Waals surface area contributed by atoms with Crippen LogP contribution in [0.15, 0.2) is 71.9 Å². The predicted molar refractivity (Wildman–Crippen MR) is 120 cm³/mol. The Morgan fingerprint density at radius 1 is 1.12 bits per heavy atom. The van der Waals surface area contributed by atoms with Crippen molar-refractivity contribution in [3.63, 3.8) is 0 Å². The Hall–Kier alpha value is -4.07. The molecule has 0 aliphatic heterocycles. The maximum absolute atomic E-state index is 14.7.